The molecular formula is C29H42BN3O2. The van der Waals surface area contributed by atoms with E-state index in [9.17, 15) is 0 Å². The van der Waals surface area contributed by atoms with Gasteiger partial charge in [-0.15, -0.1) is 0 Å². The Balaban J connectivity index is 1.46. The van der Waals surface area contributed by atoms with Crippen molar-refractivity contribution in [2.75, 3.05) is 37.6 Å². The number of benzene rings is 1. The summed E-state index contributed by atoms with van der Waals surface area (Å²) >= 11 is 0. The highest BCUT2D eigenvalue weighted by Gasteiger charge is 2.51. The van der Waals surface area contributed by atoms with Crippen molar-refractivity contribution in [1.82, 2.24) is 9.88 Å². The number of fused-ring (bicyclic) bond motifs is 1. The molecule has 0 radical (unpaired) electrons. The average molecular weight is 475 g/mol. The van der Waals surface area contributed by atoms with Crippen LogP contribution >= 0.6 is 0 Å². The SMILES string of the molecule is CCN1CCN(c2cc(-c3ccc(B4OC(C)(C)C(C)(C)O4)cc3)c3c(n2)CCCCCC3)CC1. The van der Waals surface area contributed by atoms with Crippen LogP contribution in [0.3, 0.4) is 0 Å². The Hall–Kier alpha value is -1.89. The molecule has 1 aromatic carbocycles. The highest BCUT2D eigenvalue weighted by molar-refractivity contribution is 6.62. The van der Waals surface area contributed by atoms with Gasteiger partial charge in [-0.25, -0.2) is 4.98 Å². The molecular weight excluding hydrogens is 433 g/mol. The second-order valence-corrected chi connectivity index (χ2v) is 11.5. The van der Waals surface area contributed by atoms with Crippen LogP contribution in [0.25, 0.3) is 11.1 Å². The minimum Gasteiger partial charge on any atom is -0.399 e. The number of pyridine rings is 1. The fraction of sp³-hybridized carbons (Fsp3) is 0.621. The fourth-order valence-corrected chi connectivity index (χ4v) is 5.55. The van der Waals surface area contributed by atoms with Crippen LogP contribution in [0.5, 0.6) is 0 Å². The zero-order chi connectivity index (χ0) is 24.6. The fourth-order valence-electron chi connectivity index (χ4n) is 5.55. The minimum absolute atomic E-state index is 0.322. The molecule has 188 valence electrons. The summed E-state index contributed by atoms with van der Waals surface area (Å²) in [5, 5.41) is 0. The number of hydrogen-bond donors (Lipinski definition) is 0. The van der Waals surface area contributed by atoms with Crippen molar-refractivity contribution < 1.29 is 9.31 Å². The molecule has 1 aliphatic carbocycles. The van der Waals surface area contributed by atoms with Gasteiger partial charge in [0.2, 0.25) is 0 Å². The lowest BCUT2D eigenvalue weighted by Crippen LogP contribution is -2.46. The van der Waals surface area contributed by atoms with Gasteiger partial charge >= 0.3 is 7.12 Å². The normalized spacial score (nSPS) is 22.5. The molecule has 5 rings (SSSR count). The van der Waals surface area contributed by atoms with E-state index in [1.54, 1.807) is 0 Å². The van der Waals surface area contributed by atoms with Gasteiger partial charge in [-0.1, -0.05) is 44.0 Å². The monoisotopic (exact) mass is 475 g/mol. The van der Waals surface area contributed by atoms with Gasteiger partial charge in [0.05, 0.1) is 11.2 Å². The van der Waals surface area contributed by atoms with Gasteiger partial charge in [0.25, 0.3) is 0 Å². The van der Waals surface area contributed by atoms with Crippen LogP contribution in [-0.4, -0.2) is 60.9 Å². The Morgan fingerprint density at radius 2 is 1.49 bits per heavy atom. The van der Waals surface area contributed by atoms with Crippen molar-refractivity contribution in [1.29, 1.82) is 0 Å². The summed E-state index contributed by atoms with van der Waals surface area (Å²) in [6.45, 7) is 16.2. The van der Waals surface area contributed by atoms with E-state index in [0.29, 0.717) is 0 Å². The predicted molar refractivity (Wildman–Crippen MR) is 146 cm³/mol. The van der Waals surface area contributed by atoms with E-state index in [-0.39, 0.29) is 18.3 Å². The molecule has 0 atom stereocenters. The lowest BCUT2D eigenvalue weighted by atomic mass is 9.78. The highest BCUT2D eigenvalue weighted by Crippen LogP contribution is 2.37. The van der Waals surface area contributed by atoms with Gasteiger partial charge in [-0.3, -0.25) is 0 Å². The van der Waals surface area contributed by atoms with E-state index in [0.717, 1.165) is 56.8 Å². The molecule has 2 aliphatic heterocycles. The summed E-state index contributed by atoms with van der Waals surface area (Å²) < 4.78 is 12.6. The summed E-state index contributed by atoms with van der Waals surface area (Å²) in [5.41, 5.74) is 5.86. The summed E-state index contributed by atoms with van der Waals surface area (Å²) in [4.78, 5) is 10.3. The zero-order valence-electron chi connectivity index (χ0n) is 22.4. The number of nitrogens with zero attached hydrogens (tertiary/aromatic N) is 3. The van der Waals surface area contributed by atoms with Gasteiger partial charge in [0.1, 0.15) is 5.82 Å². The van der Waals surface area contributed by atoms with Gasteiger partial charge in [-0.2, -0.15) is 0 Å². The van der Waals surface area contributed by atoms with E-state index < -0.39 is 0 Å². The molecule has 6 heteroatoms. The maximum absolute atomic E-state index is 6.29. The Morgan fingerprint density at radius 1 is 0.857 bits per heavy atom. The molecule has 35 heavy (non-hydrogen) atoms. The Labute approximate surface area is 212 Å². The molecule has 2 aromatic rings. The molecule has 0 N–H and O–H groups in total. The molecule has 0 bridgehead atoms. The third-order valence-corrected chi connectivity index (χ3v) is 8.68. The van der Waals surface area contributed by atoms with E-state index in [1.165, 1.54) is 48.1 Å². The number of anilines is 1. The standard InChI is InChI=1S/C29H42BN3O2/c1-6-32-17-19-33(20-18-32)27-21-25(24-11-9-7-8-10-12-26(24)31-27)22-13-15-23(16-14-22)30-34-28(2,3)29(4,5)35-30/h13-16,21H,6-12,17-20H2,1-5H3. The number of hydrogen-bond acceptors (Lipinski definition) is 5. The topological polar surface area (TPSA) is 37.8 Å². The summed E-state index contributed by atoms with van der Waals surface area (Å²) in [5.74, 6) is 1.16. The molecule has 3 aliphatic rings. The first kappa shape index (κ1) is 24.8. The van der Waals surface area contributed by atoms with Gasteiger partial charge < -0.3 is 19.1 Å². The first-order chi connectivity index (χ1) is 16.8. The number of aromatic nitrogens is 1. The maximum atomic E-state index is 6.29. The van der Waals surface area contributed by atoms with Crippen molar-refractivity contribution in [3.05, 3.63) is 41.6 Å². The molecule has 0 spiro atoms. The molecule has 5 nitrogen and oxygen atoms in total. The quantitative estimate of drug-likeness (QED) is 0.592. The summed E-state index contributed by atoms with van der Waals surface area (Å²) in [6.07, 6.45) is 7.35. The van der Waals surface area contributed by atoms with Crippen molar-refractivity contribution >= 4 is 18.4 Å². The smallest absolute Gasteiger partial charge is 0.399 e. The van der Waals surface area contributed by atoms with Gasteiger partial charge in [-0.05, 0) is 88.1 Å². The third kappa shape index (κ3) is 5.03. The third-order valence-electron chi connectivity index (χ3n) is 8.68. The summed E-state index contributed by atoms with van der Waals surface area (Å²) in [6, 6.07) is 11.3. The van der Waals surface area contributed by atoms with Crippen molar-refractivity contribution in [2.45, 2.75) is 84.3 Å². The van der Waals surface area contributed by atoms with E-state index >= 15 is 0 Å². The molecule has 2 fully saturated rings. The lowest BCUT2D eigenvalue weighted by Gasteiger charge is -2.35. The number of rotatable bonds is 4. The number of aryl methyl sites for hydroxylation is 1. The van der Waals surface area contributed by atoms with Gasteiger partial charge in [0.15, 0.2) is 0 Å². The van der Waals surface area contributed by atoms with Crippen LogP contribution in [0.1, 0.15) is 71.6 Å². The van der Waals surface area contributed by atoms with Crippen molar-refractivity contribution in [3.63, 3.8) is 0 Å². The molecule has 1 aromatic heterocycles. The second kappa shape index (κ2) is 9.87. The number of likely N-dealkylation sites (N-methyl/N-ethyl adjacent to an activating group) is 1. The molecule has 2 saturated heterocycles. The Morgan fingerprint density at radius 3 is 2.11 bits per heavy atom. The molecule has 0 saturated carbocycles. The first-order valence-electron chi connectivity index (χ1n) is 13.7. The first-order valence-corrected chi connectivity index (χ1v) is 13.7. The second-order valence-electron chi connectivity index (χ2n) is 11.5. The average Bonchev–Trinajstić information content (AvgIpc) is 3.06. The lowest BCUT2D eigenvalue weighted by molar-refractivity contribution is 0.00578. The van der Waals surface area contributed by atoms with Crippen LogP contribution < -0.4 is 10.4 Å². The maximum Gasteiger partial charge on any atom is 0.494 e. The van der Waals surface area contributed by atoms with E-state index in [2.05, 4.69) is 74.8 Å². The van der Waals surface area contributed by atoms with Crippen LogP contribution in [-0.2, 0) is 22.2 Å². The van der Waals surface area contributed by atoms with Crippen LogP contribution in [0.2, 0.25) is 0 Å². The molecule has 0 amide bonds. The van der Waals surface area contributed by atoms with E-state index in [4.69, 9.17) is 14.3 Å². The number of piperazine rings is 1. The van der Waals surface area contributed by atoms with Crippen LogP contribution in [0.15, 0.2) is 30.3 Å². The van der Waals surface area contributed by atoms with Crippen LogP contribution in [0.4, 0.5) is 5.82 Å². The molecule has 0 unspecified atom stereocenters. The highest BCUT2D eigenvalue weighted by atomic mass is 16.7. The summed E-state index contributed by atoms with van der Waals surface area (Å²) in [7, 11) is -0.322. The van der Waals surface area contributed by atoms with Crippen LogP contribution in [0, 0.1) is 0 Å². The predicted octanol–water partition coefficient (Wildman–Crippen LogP) is 4.85. The Bertz CT molecular complexity index is 1010. The van der Waals surface area contributed by atoms with E-state index in [1.807, 2.05) is 0 Å². The Kier molecular flexibility index (Phi) is 6.99. The largest absolute Gasteiger partial charge is 0.494 e. The van der Waals surface area contributed by atoms with Crippen molar-refractivity contribution in [2.24, 2.45) is 0 Å². The zero-order valence-corrected chi connectivity index (χ0v) is 22.4. The van der Waals surface area contributed by atoms with Gasteiger partial charge in [0, 0.05) is 31.9 Å². The minimum atomic E-state index is -0.325. The van der Waals surface area contributed by atoms with Crippen molar-refractivity contribution in [3.8, 4) is 11.1 Å². The molecule has 3 heterocycles.